The lowest BCUT2D eigenvalue weighted by Gasteiger charge is -2.28. The normalized spacial score (nSPS) is 20.5. The lowest BCUT2D eigenvalue weighted by Crippen LogP contribution is -2.42. The number of hydrogen-bond donors (Lipinski definition) is 2. The van der Waals surface area contributed by atoms with Crippen molar-refractivity contribution in [1.29, 1.82) is 0 Å². The zero-order valence-electron chi connectivity index (χ0n) is 17.7. The first-order valence-electron chi connectivity index (χ1n) is 10.5. The smallest absolute Gasteiger partial charge is 0.263 e. The molecule has 31 heavy (non-hydrogen) atoms. The molecule has 1 aromatic carbocycles. The van der Waals surface area contributed by atoms with Crippen LogP contribution in [0.15, 0.2) is 30.3 Å². The molecule has 0 saturated carbocycles. The molecule has 1 fully saturated rings. The molecule has 1 saturated heterocycles. The van der Waals surface area contributed by atoms with Crippen molar-refractivity contribution in [2.45, 2.75) is 31.9 Å². The van der Waals surface area contributed by atoms with Crippen LogP contribution < -0.4 is 20.7 Å². The van der Waals surface area contributed by atoms with Crippen LogP contribution in [0.25, 0.3) is 10.2 Å². The van der Waals surface area contributed by atoms with Crippen molar-refractivity contribution >= 4 is 38.8 Å². The Kier molecular flexibility index (Phi) is 5.19. The lowest BCUT2D eigenvalue weighted by atomic mass is 10.0. The van der Waals surface area contributed by atoms with E-state index in [1.165, 1.54) is 11.3 Å². The van der Waals surface area contributed by atoms with Crippen molar-refractivity contribution in [1.82, 2.24) is 10.3 Å². The number of thiophene rings is 1. The molecule has 2 aromatic heterocycles. The van der Waals surface area contributed by atoms with Gasteiger partial charge in [0.05, 0.1) is 17.8 Å². The largest absolute Gasteiger partial charge is 0.491 e. The number of aromatic nitrogens is 1. The number of nitrogens with two attached hydrogens (primary N) is 1. The van der Waals surface area contributed by atoms with Gasteiger partial charge in [0, 0.05) is 43.0 Å². The summed E-state index contributed by atoms with van der Waals surface area (Å²) in [6.07, 6.45) is 2.06. The molecule has 0 bridgehead atoms. The summed E-state index contributed by atoms with van der Waals surface area (Å²) < 4.78 is 11.5. The van der Waals surface area contributed by atoms with Gasteiger partial charge in [0.25, 0.3) is 5.91 Å². The predicted octanol–water partition coefficient (Wildman–Crippen LogP) is 3.15. The zero-order valence-corrected chi connectivity index (χ0v) is 18.5. The molecule has 0 radical (unpaired) electrons. The summed E-state index contributed by atoms with van der Waals surface area (Å²) >= 11 is 1.33. The number of ether oxygens (including phenoxy) is 2. The van der Waals surface area contributed by atoms with Gasteiger partial charge in [0.2, 0.25) is 0 Å². The van der Waals surface area contributed by atoms with E-state index in [1.807, 2.05) is 19.1 Å². The highest BCUT2D eigenvalue weighted by Crippen LogP contribution is 2.34. The van der Waals surface area contributed by atoms with E-state index < -0.39 is 0 Å². The van der Waals surface area contributed by atoms with Gasteiger partial charge >= 0.3 is 0 Å². The van der Waals surface area contributed by atoms with Crippen molar-refractivity contribution in [3.63, 3.8) is 0 Å². The summed E-state index contributed by atoms with van der Waals surface area (Å²) in [6, 6.07) is 10.1. The number of nitrogens with one attached hydrogen (secondary N) is 1. The third-order valence-corrected chi connectivity index (χ3v) is 7.19. The minimum absolute atomic E-state index is 0.102. The second-order valence-corrected chi connectivity index (χ2v) is 9.22. The maximum absolute atomic E-state index is 12.9. The summed E-state index contributed by atoms with van der Waals surface area (Å²) in [4.78, 5) is 21.0. The molecule has 0 aliphatic carbocycles. The van der Waals surface area contributed by atoms with Crippen molar-refractivity contribution < 1.29 is 14.3 Å². The molecule has 8 heteroatoms. The first kappa shape index (κ1) is 20.1. The summed E-state index contributed by atoms with van der Waals surface area (Å²) in [7, 11) is 1.77. The number of rotatable bonds is 4. The summed E-state index contributed by atoms with van der Waals surface area (Å²) in [5.41, 5.74) is 9.89. The number of hydrogen-bond acceptors (Lipinski definition) is 7. The summed E-state index contributed by atoms with van der Waals surface area (Å²) in [5, 5.41) is 3.92. The Morgan fingerprint density at radius 2 is 2.23 bits per heavy atom. The molecule has 4 heterocycles. The van der Waals surface area contributed by atoms with E-state index in [0.717, 1.165) is 58.8 Å². The van der Waals surface area contributed by atoms with E-state index in [4.69, 9.17) is 15.2 Å². The molecule has 2 atom stereocenters. The quantitative estimate of drug-likeness (QED) is 0.651. The highest BCUT2D eigenvalue weighted by atomic mass is 32.1. The standard InChI is InChI=1S/C23H26N4O3S/c1-13-3-6-18-20(24)21(31-23(18)25-13)22(28)26-15-9-14-4-5-16(10-19(14)30-12-15)27-8-7-17(11-27)29-2/h3-6,10,15,17H,7-9,11-12,24H2,1-2H3,(H,26,28)/t15-,17+/m1/s1. The molecule has 2 aliphatic heterocycles. The van der Waals surface area contributed by atoms with Gasteiger partial charge in [-0.25, -0.2) is 4.98 Å². The van der Waals surface area contributed by atoms with E-state index in [9.17, 15) is 4.79 Å². The Labute approximate surface area is 185 Å². The lowest BCUT2D eigenvalue weighted by molar-refractivity contribution is 0.0920. The molecule has 162 valence electrons. The van der Waals surface area contributed by atoms with Crippen molar-refractivity contribution in [3.05, 3.63) is 46.5 Å². The number of pyridine rings is 1. The topological polar surface area (TPSA) is 89.7 Å². The fraction of sp³-hybridized carbons (Fsp3) is 0.391. The van der Waals surface area contributed by atoms with Gasteiger partial charge in [0.15, 0.2) is 0 Å². The van der Waals surface area contributed by atoms with Gasteiger partial charge in [-0.1, -0.05) is 6.07 Å². The molecular weight excluding hydrogens is 412 g/mol. The maximum Gasteiger partial charge on any atom is 0.263 e. The van der Waals surface area contributed by atoms with Crippen molar-refractivity contribution in [3.8, 4) is 5.75 Å². The first-order valence-corrected chi connectivity index (χ1v) is 11.3. The van der Waals surface area contributed by atoms with E-state index in [0.29, 0.717) is 17.2 Å². The van der Waals surface area contributed by atoms with Crippen LogP contribution in [0.1, 0.15) is 27.3 Å². The number of methoxy groups -OCH3 is 1. The highest BCUT2D eigenvalue weighted by Gasteiger charge is 2.27. The average molecular weight is 439 g/mol. The minimum Gasteiger partial charge on any atom is -0.491 e. The van der Waals surface area contributed by atoms with Crippen LogP contribution in [-0.4, -0.2) is 49.8 Å². The number of amides is 1. The molecule has 3 N–H and O–H groups in total. The molecule has 2 aliphatic rings. The van der Waals surface area contributed by atoms with E-state index in [2.05, 4.69) is 33.4 Å². The Bertz CT molecular complexity index is 1150. The Morgan fingerprint density at radius 1 is 1.35 bits per heavy atom. The monoisotopic (exact) mass is 438 g/mol. The van der Waals surface area contributed by atoms with Gasteiger partial charge in [-0.15, -0.1) is 11.3 Å². The third kappa shape index (κ3) is 3.81. The maximum atomic E-state index is 12.9. The molecule has 3 aromatic rings. The number of carbonyl (C=O) groups is 1. The van der Waals surface area contributed by atoms with Crippen LogP contribution in [0.4, 0.5) is 11.4 Å². The van der Waals surface area contributed by atoms with E-state index >= 15 is 0 Å². The van der Waals surface area contributed by atoms with Crippen molar-refractivity contribution in [2.24, 2.45) is 0 Å². The molecule has 7 nitrogen and oxygen atoms in total. The minimum atomic E-state index is -0.172. The van der Waals surface area contributed by atoms with Gasteiger partial charge in [-0.05, 0) is 43.5 Å². The third-order valence-electron chi connectivity index (χ3n) is 6.08. The SMILES string of the molecule is CO[C@H]1CCN(c2ccc3c(c2)OC[C@H](NC(=O)c2sc4nc(C)ccc4c2N)C3)C1. The number of benzene rings is 1. The second-order valence-electron chi connectivity index (χ2n) is 8.22. The van der Waals surface area contributed by atoms with Crippen LogP contribution >= 0.6 is 11.3 Å². The number of nitrogen functional groups attached to an aromatic ring is 1. The fourth-order valence-electron chi connectivity index (χ4n) is 4.31. The van der Waals surface area contributed by atoms with Gasteiger partial charge < -0.3 is 25.4 Å². The first-order chi connectivity index (χ1) is 15.0. The number of anilines is 2. The number of fused-ring (bicyclic) bond motifs is 2. The van der Waals surface area contributed by atoms with E-state index in [1.54, 1.807) is 7.11 Å². The Hall–Kier alpha value is -2.84. The molecule has 5 rings (SSSR count). The van der Waals surface area contributed by atoms with Gasteiger partial charge in [0.1, 0.15) is 22.1 Å². The molecule has 1 amide bonds. The van der Waals surface area contributed by atoms with Crippen LogP contribution in [-0.2, 0) is 11.2 Å². The molecule has 0 unspecified atom stereocenters. The zero-order chi connectivity index (χ0) is 21.5. The van der Waals surface area contributed by atoms with Gasteiger partial charge in [-0.3, -0.25) is 4.79 Å². The number of nitrogens with zero attached hydrogens (tertiary/aromatic N) is 2. The predicted molar refractivity (Wildman–Crippen MR) is 123 cm³/mol. The number of aryl methyl sites for hydroxylation is 1. The summed E-state index contributed by atoms with van der Waals surface area (Å²) in [5.74, 6) is 0.722. The Morgan fingerprint density at radius 3 is 3.03 bits per heavy atom. The Balaban J connectivity index is 1.28. The van der Waals surface area contributed by atoms with Crippen LogP contribution in [0.2, 0.25) is 0 Å². The van der Waals surface area contributed by atoms with Crippen LogP contribution in [0, 0.1) is 6.92 Å². The second kappa shape index (κ2) is 8.01. The van der Waals surface area contributed by atoms with Crippen molar-refractivity contribution in [2.75, 3.05) is 37.4 Å². The van der Waals surface area contributed by atoms with Gasteiger partial charge in [-0.2, -0.15) is 0 Å². The molecular formula is C23H26N4O3S. The molecule has 0 spiro atoms. The summed E-state index contributed by atoms with van der Waals surface area (Å²) in [6.45, 7) is 4.25. The average Bonchev–Trinajstić information content (AvgIpc) is 3.38. The number of carbonyl (C=O) groups excluding carboxylic acids is 1. The van der Waals surface area contributed by atoms with Crippen LogP contribution in [0.3, 0.4) is 0 Å². The van der Waals surface area contributed by atoms with E-state index in [-0.39, 0.29) is 18.1 Å². The van der Waals surface area contributed by atoms with Crippen LogP contribution in [0.5, 0.6) is 5.75 Å². The fourth-order valence-corrected chi connectivity index (χ4v) is 5.36. The highest BCUT2D eigenvalue weighted by molar-refractivity contribution is 7.21.